The smallest absolute Gasteiger partial charge is 0.123 e. The van der Waals surface area contributed by atoms with Gasteiger partial charge < -0.3 is 10.4 Å². The zero-order chi connectivity index (χ0) is 13.8. The molecule has 0 spiro atoms. The van der Waals surface area contributed by atoms with E-state index in [1.54, 1.807) is 12.1 Å². The van der Waals surface area contributed by atoms with Gasteiger partial charge in [0.1, 0.15) is 5.75 Å². The molecule has 0 aliphatic carbocycles. The Balaban J connectivity index is 2.15. The molecule has 4 heteroatoms. The second kappa shape index (κ2) is 5.77. The van der Waals surface area contributed by atoms with Gasteiger partial charge in [0.15, 0.2) is 0 Å². The Labute approximate surface area is 120 Å². The van der Waals surface area contributed by atoms with Gasteiger partial charge in [-0.2, -0.15) is 5.26 Å². The molecule has 2 rings (SSSR count). The van der Waals surface area contributed by atoms with Gasteiger partial charge in [-0.15, -0.1) is 0 Å². The molecule has 0 fully saturated rings. The topological polar surface area (TPSA) is 56.0 Å². The second-order valence-corrected chi connectivity index (χ2v) is 5.10. The highest BCUT2D eigenvalue weighted by Gasteiger charge is 2.05. The molecule has 0 bridgehead atoms. The third-order valence-electron chi connectivity index (χ3n) is 2.89. The van der Waals surface area contributed by atoms with Gasteiger partial charge in [0.05, 0.1) is 11.6 Å². The summed E-state index contributed by atoms with van der Waals surface area (Å²) in [5, 5.41) is 22.0. The summed E-state index contributed by atoms with van der Waals surface area (Å²) in [5.41, 5.74) is 3.20. The van der Waals surface area contributed by atoms with Gasteiger partial charge in [-0.1, -0.05) is 18.2 Å². The number of rotatable bonds is 3. The van der Waals surface area contributed by atoms with Crippen LogP contribution in [0, 0.1) is 18.3 Å². The summed E-state index contributed by atoms with van der Waals surface area (Å²) < 4.78 is 0.832. The van der Waals surface area contributed by atoms with E-state index in [-0.39, 0.29) is 0 Å². The van der Waals surface area contributed by atoms with Crippen molar-refractivity contribution in [1.82, 2.24) is 0 Å². The Hall–Kier alpha value is -1.99. The second-order valence-electron chi connectivity index (χ2n) is 4.24. The average molecular weight is 317 g/mol. The van der Waals surface area contributed by atoms with E-state index in [4.69, 9.17) is 5.26 Å². The van der Waals surface area contributed by atoms with Crippen LogP contribution in [-0.4, -0.2) is 5.11 Å². The zero-order valence-corrected chi connectivity index (χ0v) is 12.0. The van der Waals surface area contributed by atoms with E-state index in [2.05, 4.69) is 27.3 Å². The molecule has 0 saturated heterocycles. The highest BCUT2D eigenvalue weighted by Crippen LogP contribution is 2.26. The largest absolute Gasteiger partial charge is 0.507 e. The zero-order valence-electron chi connectivity index (χ0n) is 10.4. The number of anilines is 1. The molecule has 0 heterocycles. The van der Waals surface area contributed by atoms with Gasteiger partial charge in [0, 0.05) is 22.3 Å². The number of nitrogens with one attached hydrogen (secondary N) is 1. The fourth-order valence-corrected chi connectivity index (χ4v) is 2.30. The predicted octanol–water partition coefficient (Wildman–Crippen LogP) is 3.95. The van der Waals surface area contributed by atoms with Crippen molar-refractivity contribution >= 4 is 21.6 Å². The van der Waals surface area contributed by atoms with Crippen molar-refractivity contribution in [3.63, 3.8) is 0 Å². The van der Waals surface area contributed by atoms with Gasteiger partial charge in [-0.25, -0.2) is 0 Å². The number of phenolic OH excluding ortho intramolecular Hbond substituents is 1. The fourth-order valence-electron chi connectivity index (χ4n) is 1.78. The predicted molar refractivity (Wildman–Crippen MR) is 79.0 cm³/mol. The number of halogens is 1. The quantitative estimate of drug-likeness (QED) is 0.901. The first-order chi connectivity index (χ1) is 9.11. The molecule has 2 N–H and O–H groups in total. The van der Waals surface area contributed by atoms with Gasteiger partial charge in [0.25, 0.3) is 0 Å². The molecule has 0 aliphatic heterocycles. The molecule has 19 heavy (non-hydrogen) atoms. The summed E-state index contributed by atoms with van der Waals surface area (Å²) in [5.74, 6) is 0.319. The van der Waals surface area contributed by atoms with Crippen molar-refractivity contribution in [2.45, 2.75) is 13.5 Å². The maximum absolute atomic E-state index is 9.93. The Morgan fingerprint density at radius 3 is 2.79 bits per heavy atom. The van der Waals surface area contributed by atoms with Crippen LogP contribution in [0.4, 0.5) is 5.69 Å². The molecule has 0 atom stereocenters. The summed E-state index contributed by atoms with van der Waals surface area (Å²) >= 11 is 3.42. The number of phenols is 1. The molecule has 0 saturated carbocycles. The van der Waals surface area contributed by atoms with Crippen LogP contribution >= 0.6 is 15.9 Å². The molecule has 0 amide bonds. The molecule has 96 valence electrons. The average Bonchev–Trinajstić information content (AvgIpc) is 2.41. The summed E-state index contributed by atoms with van der Waals surface area (Å²) in [6.07, 6.45) is 0. The molecular weight excluding hydrogens is 304 g/mol. The van der Waals surface area contributed by atoms with Crippen LogP contribution < -0.4 is 5.32 Å². The standard InChI is InChI=1S/C15H13BrN2O/c1-10-3-2-4-12(15(10)19)9-18-14-6-5-11(8-17)7-13(14)16/h2-7,18-19H,9H2,1H3. The van der Waals surface area contributed by atoms with Gasteiger partial charge in [-0.3, -0.25) is 0 Å². The van der Waals surface area contributed by atoms with Crippen LogP contribution in [0.15, 0.2) is 40.9 Å². The van der Waals surface area contributed by atoms with Crippen LogP contribution in [0.25, 0.3) is 0 Å². The molecule has 0 aliphatic rings. The summed E-state index contributed by atoms with van der Waals surface area (Å²) in [6.45, 7) is 2.40. The number of para-hydroxylation sites is 1. The lowest BCUT2D eigenvalue weighted by Crippen LogP contribution is -2.01. The number of benzene rings is 2. The van der Waals surface area contributed by atoms with Crippen LogP contribution in [-0.2, 0) is 6.54 Å². The van der Waals surface area contributed by atoms with Crippen molar-refractivity contribution in [3.05, 3.63) is 57.6 Å². The Kier molecular flexibility index (Phi) is 4.08. The maximum Gasteiger partial charge on any atom is 0.123 e. The first-order valence-electron chi connectivity index (χ1n) is 5.83. The Bertz CT molecular complexity index is 647. The minimum absolute atomic E-state index is 0.319. The van der Waals surface area contributed by atoms with Crippen LogP contribution in [0.2, 0.25) is 0 Å². The number of hydrogen-bond acceptors (Lipinski definition) is 3. The van der Waals surface area contributed by atoms with E-state index < -0.39 is 0 Å². The number of nitrogens with zero attached hydrogens (tertiary/aromatic N) is 1. The molecule has 0 radical (unpaired) electrons. The molecular formula is C15H13BrN2O. The lowest BCUT2D eigenvalue weighted by molar-refractivity contribution is 0.465. The summed E-state index contributed by atoms with van der Waals surface area (Å²) in [4.78, 5) is 0. The number of aryl methyl sites for hydroxylation is 1. The van der Waals surface area contributed by atoms with E-state index in [1.807, 2.05) is 31.2 Å². The molecule has 0 aromatic heterocycles. The minimum Gasteiger partial charge on any atom is -0.507 e. The Morgan fingerprint density at radius 1 is 1.32 bits per heavy atom. The van der Waals surface area contributed by atoms with Crippen molar-refractivity contribution in [2.24, 2.45) is 0 Å². The first kappa shape index (κ1) is 13.4. The van der Waals surface area contributed by atoms with Gasteiger partial charge in [0.2, 0.25) is 0 Å². The van der Waals surface area contributed by atoms with E-state index >= 15 is 0 Å². The molecule has 3 nitrogen and oxygen atoms in total. The van der Waals surface area contributed by atoms with E-state index in [0.717, 1.165) is 21.3 Å². The van der Waals surface area contributed by atoms with Crippen molar-refractivity contribution in [2.75, 3.05) is 5.32 Å². The van der Waals surface area contributed by atoms with Crippen molar-refractivity contribution in [3.8, 4) is 11.8 Å². The van der Waals surface area contributed by atoms with E-state index in [1.165, 1.54) is 0 Å². The minimum atomic E-state index is 0.319. The molecule has 2 aromatic carbocycles. The molecule has 0 unspecified atom stereocenters. The fraction of sp³-hybridized carbons (Fsp3) is 0.133. The van der Waals surface area contributed by atoms with Gasteiger partial charge >= 0.3 is 0 Å². The monoisotopic (exact) mass is 316 g/mol. The van der Waals surface area contributed by atoms with E-state index in [9.17, 15) is 5.11 Å². The van der Waals surface area contributed by atoms with Crippen LogP contribution in [0.1, 0.15) is 16.7 Å². The highest BCUT2D eigenvalue weighted by molar-refractivity contribution is 9.10. The highest BCUT2D eigenvalue weighted by atomic mass is 79.9. The lowest BCUT2D eigenvalue weighted by Gasteiger charge is -2.11. The summed E-state index contributed by atoms with van der Waals surface area (Å²) in [7, 11) is 0. The first-order valence-corrected chi connectivity index (χ1v) is 6.62. The normalized spacial score (nSPS) is 9.95. The number of hydrogen-bond donors (Lipinski definition) is 2. The van der Waals surface area contributed by atoms with E-state index in [0.29, 0.717) is 17.9 Å². The Morgan fingerprint density at radius 2 is 2.11 bits per heavy atom. The summed E-state index contributed by atoms with van der Waals surface area (Å²) in [6, 6.07) is 13.1. The SMILES string of the molecule is Cc1cccc(CNc2ccc(C#N)cc2Br)c1O. The third-order valence-corrected chi connectivity index (χ3v) is 3.54. The number of nitriles is 1. The molecule has 2 aromatic rings. The maximum atomic E-state index is 9.93. The van der Waals surface area contributed by atoms with Crippen LogP contribution in [0.3, 0.4) is 0 Å². The lowest BCUT2D eigenvalue weighted by atomic mass is 10.1. The third kappa shape index (κ3) is 3.07. The van der Waals surface area contributed by atoms with Crippen LogP contribution in [0.5, 0.6) is 5.75 Å². The van der Waals surface area contributed by atoms with Gasteiger partial charge in [-0.05, 0) is 46.6 Å². The van der Waals surface area contributed by atoms with Crippen molar-refractivity contribution < 1.29 is 5.11 Å². The number of aromatic hydroxyl groups is 1. The van der Waals surface area contributed by atoms with Crippen molar-refractivity contribution in [1.29, 1.82) is 5.26 Å².